The Morgan fingerprint density at radius 1 is 0.357 bits per heavy atom. The third-order valence-electron chi connectivity index (χ3n) is 5.53. The molecule has 0 aliphatic carbocycles. The zero-order valence-corrected chi connectivity index (χ0v) is 20.7. The Morgan fingerprint density at radius 3 is 0.786 bits per heavy atom. The van der Waals surface area contributed by atoms with Crippen molar-refractivity contribution in [1.82, 2.24) is 10.6 Å². The second kappa shape index (κ2) is 13.5. The molecule has 0 saturated heterocycles. The predicted octanol–water partition coefficient (Wildman–Crippen LogP) is 7.28. The van der Waals surface area contributed by atoms with E-state index in [4.69, 9.17) is 0 Å². The molecule has 0 rings (SSSR count). The van der Waals surface area contributed by atoms with Gasteiger partial charge in [-0.25, -0.2) is 0 Å². The molecule has 0 radical (unpaired) electrons. The summed E-state index contributed by atoms with van der Waals surface area (Å²) in [5.41, 5.74) is 0. The van der Waals surface area contributed by atoms with Crippen molar-refractivity contribution >= 4 is 11.8 Å². The van der Waals surface area contributed by atoms with Crippen LogP contribution in [0.15, 0.2) is 0 Å². The molecule has 42 heavy (non-hydrogen) atoms. The van der Waals surface area contributed by atoms with Crippen LogP contribution in [0.2, 0.25) is 0 Å². The molecule has 0 saturated carbocycles. The molecule has 0 spiro atoms. The van der Waals surface area contributed by atoms with E-state index in [0.29, 0.717) is 12.8 Å². The molecule has 0 aromatic carbocycles. The molecule has 0 aromatic rings. The fourth-order valence-electron chi connectivity index (χ4n) is 2.97. The maximum Gasteiger partial charge on any atom is 0.460 e. The highest BCUT2D eigenvalue weighted by molar-refractivity contribution is 5.85. The molecule has 0 aliphatic rings. The predicted molar refractivity (Wildman–Crippen MR) is 105 cm³/mol. The Labute approximate surface area is 224 Å². The number of nitrogens with one attached hydrogen (secondary N) is 2. The molecule has 0 bridgehead atoms. The van der Waals surface area contributed by atoms with Gasteiger partial charge in [-0.05, 0) is 12.8 Å². The third-order valence-corrected chi connectivity index (χ3v) is 5.53. The fraction of sp³-hybridized carbons (Fsp3) is 0.900. The molecule has 0 fully saturated rings. The number of carbonyl (C=O) groups excluding carboxylic acids is 2. The minimum Gasteiger partial charge on any atom is -0.351 e. The number of rotatable bonds is 17. The van der Waals surface area contributed by atoms with Gasteiger partial charge in [0.15, 0.2) is 0 Å². The van der Waals surface area contributed by atoms with Crippen LogP contribution in [0.3, 0.4) is 0 Å². The Kier molecular flexibility index (Phi) is 12.8. The van der Waals surface area contributed by atoms with Gasteiger partial charge in [0.05, 0.1) is 0 Å². The number of halogens is 18. The Hall–Kier alpha value is -2.32. The maximum atomic E-state index is 13.4. The minimum atomic E-state index is -7.22. The normalized spacial score (nSPS) is 14.6. The lowest BCUT2D eigenvalue weighted by atomic mass is 10.0. The van der Waals surface area contributed by atoms with Crippen LogP contribution in [0.4, 0.5) is 79.0 Å². The molecular formula is C20H22F18N2O2. The van der Waals surface area contributed by atoms with Gasteiger partial charge in [-0.15, -0.1) is 0 Å². The third kappa shape index (κ3) is 8.19. The lowest BCUT2D eigenvalue weighted by molar-refractivity contribution is -0.388. The van der Waals surface area contributed by atoms with E-state index in [0.717, 1.165) is 10.6 Å². The summed E-state index contributed by atoms with van der Waals surface area (Å²) < 4.78 is 229. The van der Waals surface area contributed by atoms with Crippen molar-refractivity contribution in [1.29, 1.82) is 0 Å². The Morgan fingerprint density at radius 2 is 0.571 bits per heavy atom. The summed E-state index contributed by atoms with van der Waals surface area (Å²) in [6, 6.07) is 0. The van der Waals surface area contributed by atoms with Crippen molar-refractivity contribution in [2.24, 2.45) is 0 Å². The molecule has 4 nitrogen and oxygen atoms in total. The zero-order chi connectivity index (χ0) is 33.6. The molecule has 0 atom stereocenters. The lowest BCUT2D eigenvalue weighted by Gasteiger charge is -2.32. The highest BCUT2D eigenvalue weighted by Crippen LogP contribution is 2.54. The fourth-order valence-corrected chi connectivity index (χ4v) is 2.97. The monoisotopic (exact) mass is 664 g/mol. The van der Waals surface area contributed by atoms with E-state index in [-0.39, 0.29) is 38.5 Å². The second-order valence-corrected chi connectivity index (χ2v) is 8.78. The number of alkyl halides is 18. The van der Waals surface area contributed by atoms with Crippen LogP contribution >= 0.6 is 0 Å². The number of amides is 2. The van der Waals surface area contributed by atoms with E-state index in [1.807, 2.05) is 0 Å². The summed E-state index contributed by atoms with van der Waals surface area (Å²) >= 11 is 0. The van der Waals surface area contributed by atoms with Crippen molar-refractivity contribution in [2.45, 2.75) is 99.3 Å². The highest BCUT2D eigenvalue weighted by atomic mass is 19.4. The molecule has 2 amide bonds. The molecule has 250 valence electrons. The number of hydrogen-bond donors (Lipinski definition) is 2. The molecule has 0 aromatic heterocycles. The summed E-state index contributed by atoms with van der Waals surface area (Å²) in [5.74, 6) is -47.6. The highest BCUT2D eigenvalue weighted by Gasteiger charge is 2.84. The van der Waals surface area contributed by atoms with Gasteiger partial charge in [0.1, 0.15) is 0 Å². The zero-order valence-electron chi connectivity index (χ0n) is 20.7. The van der Waals surface area contributed by atoms with Crippen molar-refractivity contribution < 1.29 is 88.6 Å². The van der Waals surface area contributed by atoms with Gasteiger partial charge < -0.3 is 10.6 Å². The van der Waals surface area contributed by atoms with E-state index >= 15 is 0 Å². The molecule has 0 aliphatic heterocycles. The molecule has 0 heterocycles. The largest absolute Gasteiger partial charge is 0.460 e. The van der Waals surface area contributed by atoms with E-state index in [1.54, 1.807) is 0 Å². The smallest absolute Gasteiger partial charge is 0.351 e. The molecule has 22 heteroatoms. The maximum absolute atomic E-state index is 13.4. The lowest BCUT2D eigenvalue weighted by Crippen LogP contribution is -2.65. The standard InChI is InChI=1S/C20H22F18N2O2/c21-13(22,15(25,26)17(29,30)19(33,34)35)11(41)39-9-7-5-3-1-2-4-6-8-10-40-12(42)14(23,24)16(27,28)18(31,32)20(36,37)38/h1-10H2,(H,39,41)(H,40,42). The van der Waals surface area contributed by atoms with E-state index < -0.39 is 72.8 Å². The Balaban J connectivity index is 4.34. The van der Waals surface area contributed by atoms with Gasteiger partial charge in [-0.2, -0.15) is 79.0 Å². The van der Waals surface area contributed by atoms with Crippen LogP contribution in [-0.4, -0.2) is 72.8 Å². The van der Waals surface area contributed by atoms with Crippen molar-refractivity contribution in [3.63, 3.8) is 0 Å². The Bertz CT molecular complexity index is 826. The summed E-state index contributed by atoms with van der Waals surface area (Å²) in [6.07, 6.45) is -13.2. The van der Waals surface area contributed by atoms with Crippen molar-refractivity contribution in [3.05, 3.63) is 0 Å². The van der Waals surface area contributed by atoms with Crippen LogP contribution in [0, 0.1) is 0 Å². The summed E-state index contributed by atoms with van der Waals surface area (Å²) in [6.45, 7) is -1.61. The quantitative estimate of drug-likeness (QED) is 0.127. The van der Waals surface area contributed by atoms with Crippen LogP contribution in [0.1, 0.15) is 51.4 Å². The van der Waals surface area contributed by atoms with Crippen molar-refractivity contribution in [2.75, 3.05) is 13.1 Å². The van der Waals surface area contributed by atoms with Crippen LogP contribution in [0.5, 0.6) is 0 Å². The van der Waals surface area contributed by atoms with Gasteiger partial charge >= 0.3 is 47.9 Å². The van der Waals surface area contributed by atoms with Gasteiger partial charge in [0.25, 0.3) is 11.8 Å². The first-order valence-corrected chi connectivity index (χ1v) is 11.5. The van der Waals surface area contributed by atoms with Gasteiger partial charge in [0, 0.05) is 13.1 Å². The van der Waals surface area contributed by atoms with E-state index in [1.165, 1.54) is 0 Å². The number of carbonyl (C=O) groups is 2. The average molecular weight is 664 g/mol. The molecule has 0 unspecified atom stereocenters. The summed E-state index contributed by atoms with van der Waals surface area (Å²) in [7, 11) is 0. The van der Waals surface area contributed by atoms with Gasteiger partial charge in [-0.1, -0.05) is 38.5 Å². The van der Waals surface area contributed by atoms with E-state index in [9.17, 15) is 88.6 Å². The van der Waals surface area contributed by atoms with Crippen LogP contribution in [-0.2, 0) is 9.59 Å². The number of unbranched alkanes of at least 4 members (excludes halogenated alkanes) is 7. The van der Waals surface area contributed by atoms with Gasteiger partial charge in [-0.3, -0.25) is 9.59 Å². The summed E-state index contributed by atoms with van der Waals surface area (Å²) in [5, 5.41) is 2.24. The van der Waals surface area contributed by atoms with E-state index in [2.05, 4.69) is 0 Å². The number of hydrogen-bond acceptors (Lipinski definition) is 2. The minimum absolute atomic E-state index is 0.100. The first-order valence-electron chi connectivity index (χ1n) is 11.5. The van der Waals surface area contributed by atoms with Crippen molar-refractivity contribution in [3.8, 4) is 0 Å². The van der Waals surface area contributed by atoms with Gasteiger partial charge in [0.2, 0.25) is 0 Å². The summed E-state index contributed by atoms with van der Waals surface area (Å²) in [4.78, 5) is 22.3. The molecule has 2 N–H and O–H groups in total. The average Bonchev–Trinajstić information content (AvgIpc) is 2.82. The topological polar surface area (TPSA) is 58.2 Å². The first-order chi connectivity index (χ1) is 18.5. The molecular weight excluding hydrogens is 642 g/mol. The van der Waals surface area contributed by atoms with Crippen LogP contribution < -0.4 is 10.6 Å². The SMILES string of the molecule is O=C(NCCCCCCCCCCNC(=O)C(F)(F)C(F)(F)C(F)(F)C(F)(F)F)C(F)(F)C(F)(F)C(F)(F)C(F)(F)F. The first kappa shape index (κ1) is 39.7. The second-order valence-electron chi connectivity index (χ2n) is 8.78. The van der Waals surface area contributed by atoms with Crippen LogP contribution in [0.25, 0.3) is 0 Å².